The molecule has 2 aromatic carbocycles. The number of hydrogen-bond acceptors (Lipinski definition) is 3. The summed E-state index contributed by atoms with van der Waals surface area (Å²) in [7, 11) is 1.63. The standard InChI is InChI=1S/C16H16ClNO2/c1-19-14-8-4-6-11(17)16(14)15-9-12(18)10-5-2-3-7-13(10)20-15/h2-8,12,15H,9,18H2,1H3. The van der Waals surface area contributed by atoms with Gasteiger partial charge in [-0.1, -0.05) is 35.9 Å². The van der Waals surface area contributed by atoms with Crippen LogP contribution in [0.25, 0.3) is 0 Å². The van der Waals surface area contributed by atoms with E-state index in [1.54, 1.807) is 7.11 Å². The number of para-hydroxylation sites is 1. The molecule has 3 rings (SSSR count). The Kier molecular flexibility index (Phi) is 3.55. The number of halogens is 1. The van der Waals surface area contributed by atoms with Gasteiger partial charge in [-0.25, -0.2) is 0 Å². The summed E-state index contributed by atoms with van der Waals surface area (Å²) in [6, 6.07) is 13.4. The topological polar surface area (TPSA) is 44.5 Å². The fraction of sp³-hybridized carbons (Fsp3) is 0.250. The molecule has 0 amide bonds. The summed E-state index contributed by atoms with van der Waals surface area (Å²) in [5.41, 5.74) is 8.15. The Balaban J connectivity index is 2.02. The summed E-state index contributed by atoms with van der Waals surface area (Å²) in [6.45, 7) is 0. The molecule has 0 saturated heterocycles. The van der Waals surface area contributed by atoms with Gasteiger partial charge in [-0.15, -0.1) is 0 Å². The van der Waals surface area contributed by atoms with Gasteiger partial charge in [-0.3, -0.25) is 0 Å². The fourth-order valence-corrected chi connectivity index (χ4v) is 2.93. The van der Waals surface area contributed by atoms with Gasteiger partial charge in [0, 0.05) is 18.0 Å². The van der Waals surface area contributed by atoms with Crippen molar-refractivity contribution in [1.29, 1.82) is 0 Å². The van der Waals surface area contributed by atoms with Crippen LogP contribution in [0.4, 0.5) is 0 Å². The van der Waals surface area contributed by atoms with Gasteiger partial charge in [0.25, 0.3) is 0 Å². The largest absolute Gasteiger partial charge is 0.496 e. The zero-order valence-corrected chi connectivity index (χ0v) is 11.9. The lowest BCUT2D eigenvalue weighted by molar-refractivity contribution is 0.158. The average molecular weight is 290 g/mol. The number of rotatable bonds is 2. The van der Waals surface area contributed by atoms with Crippen LogP contribution in [0.15, 0.2) is 42.5 Å². The van der Waals surface area contributed by atoms with E-state index in [-0.39, 0.29) is 12.1 Å². The quantitative estimate of drug-likeness (QED) is 0.913. The maximum atomic E-state index is 6.32. The van der Waals surface area contributed by atoms with Crippen molar-refractivity contribution >= 4 is 11.6 Å². The van der Waals surface area contributed by atoms with Crippen LogP contribution in [-0.2, 0) is 0 Å². The van der Waals surface area contributed by atoms with Gasteiger partial charge in [-0.2, -0.15) is 0 Å². The molecule has 0 saturated carbocycles. The summed E-state index contributed by atoms with van der Waals surface area (Å²) in [5.74, 6) is 1.55. The van der Waals surface area contributed by atoms with E-state index < -0.39 is 0 Å². The van der Waals surface area contributed by atoms with E-state index in [9.17, 15) is 0 Å². The highest BCUT2D eigenvalue weighted by Gasteiger charge is 2.30. The molecule has 2 unspecified atom stereocenters. The number of fused-ring (bicyclic) bond motifs is 1. The predicted molar refractivity (Wildman–Crippen MR) is 79.4 cm³/mol. The smallest absolute Gasteiger partial charge is 0.131 e. The molecule has 1 aliphatic rings. The van der Waals surface area contributed by atoms with Gasteiger partial charge in [-0.05, 0) is 18.2 Å². The molecule has 2 N–H and O–H groups in total. The van der Waals surface area contributed by atoms with Crippen molar-refractivity contribution in [1.82, 2.24) is 0 Å². The molecule has 104 valence electrons. The van der Waals surface area contributed by atoms with E-state index >= 15 is 0 Å². The molecule has 20 heavy (non-hydrogen) atoms. The zero-order chi connectivity index (χ0) is 14.1. The summed E-state index contributed by atoms with van der Waals surface area (Å²) in [4.78, 5) is 0. The first-order valence-corrected chi connectivity index (χ1v) is 6.92. The minimum absolute atomic E-state index is 0.0640. The SMILES string of the molecule is COc1cccc(Cl)c1C1CC(N)c2ccccc2O1. The van der Waals surface area contributed by atoms with E-state index in [0.717, 1.165) is 22.6 Å². The summed E-state index contributed by atoms with van der Waals surface area (Å²) >= 11 is 6.32. The third-order valence-corrected chi connectivity index (χ3v) is 3.94. The zero-order valence-electron chi connectivity index (χ0n) is 11.2. The highest BCUT2D eigenvalue weighted by molar-refractivity contribution is 6.31. The number of methoxy groups -OCH3 is 1. The molecule has 0 spiro atoms. The highest BCUT2D eigenvalue weighted by Crippen LogP contribution is 2.44. The Bertz CT molecular complexity index is 630. The number of hydrogen-bond donors (Lipinski definition) is 1. The fourth-order valence-electron chi connectivity index (χ4n) is 2.64. The minimum atomic E-state index is -0.191. The Morgan fingerprint density at radius 3 is 2.80 bits per heavy atom. The van der Waals surface area contributed by atoms with Crippen molar-refractivity contribution in [3.63, 3.8) is 0 Å². The molecule has 1 aliphatic heterocycles. The van der Waals surface area contributed by atoms with Gasteiger partial charge < -0.3 is 15.2 Å². The Morgan fingerprint density at radius 1 is 1.20 bits per heavy atom. The predicted octanol–water partition coefficient (Wildman–Crippen LogP) is 3.87. The monoisotopic (exact) mass is 289 g/mol. The van der Waals surface area contributed by atoms with Crippen LogP contribution >= 0.6 is 11.6 Å². The maximum absolute atomic E-state index is 6.32. The molecule has 3 nitrogen and oxygen atoms in total. The molecular formula is C16H16ClNO2. The van der Waals surface area contributed by atoms with Gasteiger partial charge in [0.05, 0.1) is 17.7 Å². The first-order valence-electron chi connectivity index (χ1n) is 6.54. The van der Waals surface area contributed by atoms with Crippen LogP contribution in [0.1, 0.15) is 29.7 Å². The number of nitrogens with two attached hydrogens (primary N) is 1. The number of benzene rings is 2. The lowest BCUT2D eigenvalue weighted by Gasteiger charge is -2.31. The normalized spacial score (nSPS) is 20.9. The van der Waals surface area contributed by atoms with Crippen LogP contribution in [0, 0.1) is 0 Å². The van der Waals surface area contributed by atoms with E-state index in [0.29, 0.717) is 11.4 Å². The second-order valence-corrected chi connectivity index (χ2v) is 5.25. The Morgan fingerprint density at radius 2 is 2.00 bits per heavy atom. The second kappa shape index (κ2) is 5.35. The molecule has 0 aliphatic carbocycles. The minimum Gasteiger partial charge on any atom is -0.496 e. The van der Waals surface area contributed by atoms with Crippen molar-refractivity contribution < 1.29 is 9.47 Å². The molecule has 2 aromatic rings. The lowest BCUT2D eigenvalue weighted by atomic mass is 9.93. The van der Waals surface area contributed by atoms with Gasteiger partial charge >= 0.3 is 0 Å². The highest BCUT2D eigenvalue weighted by atomic mass is 35.5. The first kappa shape index (κ1) is 13.3. The van der Waals surface area contributed by atoms with Crippen molar-refractivity contribution in [2.75, 3.05) is 7.11 Å². The summed E-state index contributed by atoms with van der Waals surface area (Å²) in [6.07, 6.45) is 0.487. The van der Waals surface area contributed by atoms with Crippen LogP contribution in [-0.4, -0.2) is 7.11 Å². The van der Waals surface area contributed by atoms with Crippen LogP contribution in [0.3, 0.4) is 0 Å². The molecular weight excluding hydrogens is 274 g/mol. The van der Waals surface area contributed by atoms with E-state index in [1.807, 2.05) is 42.5 Å². The molecule has 0 bridgehead atoms. The number of ether oxygens (including phenoxy) is 2. The van der Waals surface area contributed by atoms with Crippen molar-refractivity contribution in [2.45, 2.75) is 18.6 Å². The summed E-state index contributed by atoms with van der Waals surface area (Å²) in [5, 5.41) is 0.640. The third kappa shape index (κ3) is 2.23. The second-order valence-electron chi connectivity index (χ2n) is 4.84. The molecule has 0 fully saturated rings. The van der Waals surface area contributed by atoms with Crippen LogP contribution in [0.2, 0.25) is 5.02 Å². The lowest BCUT2D eigenvalue weighted by Crippen LogP contribution is -2.24. The van der Waals surface area contributed by atoms with Gasteiger partial charge in [0.1, 0.15) is 17.6 Å². The molecule has 0 radical (unpaired) electrons. The van der Waals surface area contributed by atoms with E-state index in [4.69, 9.17) is 26.8 Å². The third-order valence-electron chi connectivity index (χ3n) is 3.61. The van der Waals surface area contributed by atoms with Crippen molar-refractivity contribution in [3.8, 4) is 11.5 Å². The van der Waals surface area contributed by atoms with E-state index in [1.165, 1.54) is 0 Å². The van der Waals surface area contributed by atoms with Crippen molar-refractivity contribution in [2.24, 2.45) is 5.73 Å². The molecule has 1 heterocycles. The molecule has 2 atom stereocenters. The van der Waals surface area contributed by atoms with E-state index in [2.05, 4.69) is 0 Å². The Labute approximate surface area is 123 Å². The van der Waals surface area contributed by atoms with Gasteiger partial charge in [0.2, 0.25) is 0 Å². The van der Waals surface area contributed by atoms with Gasteiger partial charge in [0.15, 0.2) is 0 Å². The summed E-state index contributed by atoms with van der Waals surface area (Å²) < 4.78 is 11.5. The van der Waals surface area contributed by atoms with Crippen LogP contribution < -0.4 is 15.2 Å². The molecule has 0 aromatic heterocycles. The first-order chi connectivity index (χ1) is 9.70. The maximum Gasteiger partial charge on any atom is 0.131 e. The molecule has 4 heteroatoms. The Hall–Kier alpha value is -1.71. The van der Waals surface area contributed by atoms with Crippen molar-refractivity contribution in [3.05, 3.63) is 58.6 Å². The average Bonchev–Trinajstić information content (AvgIpc) is 2.46. The van der Waals surface area contributed by atoms with Crippen LogP contribution in [0.5, 0.6) is 11.5 Å².